The molecule has 2 aromatic carbocycles. The quantitative estimate of drug-likeness (QED) is 0.383. The first kappa shape index (κ1) is 25.8. The Labute approximate surface area is 194 Å². The highest BCUT2D eigenvalue weighted by molar-refractivity contribution is 6.68. The summed E-state index contributed by atoms with van der Waals surface area (Å²) in [5.74, 6) is 3.30. The molecule has 2 aromatic rings. The predicted molar refractivity (Wildman–Crippen MR) is 144 cm³/mol. The van der Waals surface area contributed by atoms with Crippen LogP contribution in [0.25, 0.3) is 0 Å². The Morgan fingerprint density at radius 2 is 0.677 bits per heavy atom. The molecule has 0 amide bonds. The van der Waals surface area contributed by atoms with Crippen molar-refractivity contribution in [2.45, 2.75) is 119 Å². The molecule has 2 rings (SSSR count). The van der Waals surface area contributed by atoms with E-state index in [2.05, 4.69) is 107 Å². The predicted octanol–water partition coefficient (Wildman–Crippen LogP) is 7.81. The molecule has 0 atom stereocenters. The summed E-state index contributed by atoms with van der Waals surface area (Å²) in [6, 6.07) is 9.71. The first-order valence-electron chi connectivity index (χ1n) is 12.7. The summed E-state index contributed by atoms with van der Waals surface area (Å²) >= 11 is 0. The molecule has 0 spiro atoms. The van der Waals surface area contributed by atoms with Crippen molar-refractivity contribution in [1.82, 2.24) is 0 Å². The lowest BCUT2D eigenvalue weighted by Gasteiger charge is -2.28. The van der Waals surface area contributed by atoms with Crippen LogP contribution in [-0.4, -0.2) is 7.28 Å². The second kappa shape index (κ2) is 10.4. The average molecular weight is 419 g/mol. The van der Waals surface area contributed by atoms with Crippen LogP contribution in [0.1, 0.15) is 152 Å². The van der Waals surface area contributed by atoms with Crippen molar-refractivity contribution >= 4 is 18.2 Å². The smallest absolute Gasteiger partial charge is 0.0748 e. The van der Waals surface area contributed by atoms with Gasteiger partial charge in [0.25, 0.3) is 0 Å². The third kappa shape index (κ3) is 5.47. The maximum absolute atomic E-state index is 2.44. The first-order chi connectivity index (χ1) is 14.4. The molecule has 1 heteroatoms. The Hall–Kier alpha value is -1.50. The molecule has 0 N–H and O–H groups in total. The van der Waals surface area contributed by atoms with Gasteiger partial charge in [0.2, 0.25) is 0 Å². The minimum Gasteiger partial charge on any atom is -0.0748 e. The topological polar surface area (TPSA) is 0 Å². The highest BCUT2D eigenvalue weighted by Gasteiger charge is 2.24. The monoisotopic (exact) mass is 418 g/mol. The fourth-order valence-electron chi connectivity index (χ4n) is 5.57. The summed E-state index contributed by atoms with van der Waals surface area (Å²) in [5.41, 5.74) is 12.5. The van der Waals surface area contributed by atoms with E-state index in [0.717, 1.165) is 7.28 Å². The molecule has 170 valence electrons. The number of rotatable bonds is 8. The Bertz CT molecular complexity index is 808. The van der Waals surface area contributed by atoms with Crippen molar-refractivity contribution in [3.8, 4) is 0 Å². The first-order valence-corrected chi connectivity index (χ1v) is 12.7. The third-order valence-electron chi connectivity index (χ3n) is 6.76. The highest BCUT2D eigenvalue weighted by Crippen LogP contribution is 2.34. The van der Waals surface area contributed by atoms with Crippen molar-refractivity contribution in [2.24, 2.45) is 0 Å². The zero-order valence-electron chi connectivity index (χ0n) is 22.5. The minimum absolute atomic E-state index is 0.535. The van der Waals surface area contributed by atoms with Crippen LogP contribution in [0.4, 0.5) is 0 Å². The van der Waals surface area contributed by atoms with Gasteiger partial charge in [-0.3, -0.25) is 0 Å². The van der Waals surface area contributed by atoms with Crippen LogP contribution in [0.5, 0.6) is 0 Å². The maximum atomic E-state index is 2.44. The third-order valence-corrected chi connectivity index (χ3v) is 6.76. The second-order valence-electron chi connectivity index (χ2n) is 11.4. The van der Waals surface area contributed by atoms with Crippen molar-refractivity contribution in [3.05, 3.63) is 57.6 Å². The van der Waals surface area contributed by atoms with Crippen molar-refractivity contribution in [2.75, 3.05) is 0 Å². The van der Waals surface area contributed by atoms with Crippen molar-refractivity contribution < 1.29 is 0 Å². The Kier molecular flexibility index (Phi) is 8.65. The molecule has 0 radical (unpaired) electrons. The van der Waals surface area contributed by atoms with Crippen LogP contribution < -0.4 is 10.9 Å². The standard InChI is InChI=1S/C30H47B/c1-17(2)23-13-15-25(29(21(9)10)27(23)19(5)6)31-26-16-14-24(18(3)4)28(20(7)8)30(26)22(11)12/h13-22,31H,1-12H3. The largest absolute Gasteiger partial charge is 0.193 e. The molecule has 0 heterocycles. The van der Waals surface area contributed by atoms with E-state index in [9.17, 15) is 0 Å². The molecule has 0 saturated heterocycles. The van der Waals surface area contributed by atoms with Crippen LogP contribution in [-0.2, 0) is 0 Å². The summed E-state index contributed by atoms with van der Waals surface area (Å²) in [7, 11) is 1.04. The molecule has 0 aliphatic carbocycles. The van der Waals surface area contributed by atoms with Crippen LogP contribution in [0.15, 0.2) is 24.3 Å². The van der Waals surface area contributed by atoms with Crippen LogP contribution >= 0.6 is 0 Å². The summed E-state index contributed by atoms with van der Waals surface area (Å²) in [6.07, 6.45) is 0. The molecule has 0 aromatic heterocycles. The van der Waals surface area contributed by atoms with Crippen LogP contribution in [0.3, 0.4) is 0 Å². The fourth-order valence-corrected chi connectivity index (χ4v) is 5.57. The molecular formula is C30H47B. The molecule has 31 heavy (non-hydrogen) atoms. The van der Waals surface area contributed by atoms with Gasteiger partial charge in [-0.1, -0.05) is 118 Å². The molecule has 0 unspecified atom stereocenters. The Morgan fingerprint density at radius 3 is 0.903 bits per heavy atom. The van der Waals surface area contributed by atoms with E-state index in [1.54, 1.807) is 22.3 Å². The second-order valence-corrected chi connectivity index (χ2v) is 11.4. The van der Waals surface area contributed by atoms with E-state index in [1.165, 1.54) is 22.1 Å². The molecule has 0 bridgehead atoms. The van der Waals surface area contributed by atoms with E-state index >= 15 is 0 Å². The van der Waals surface area contributed by atoms with Gasteiger partial charge in [0.1, 0.15) is 0 Å². The van der Waals surface area contributed by atoms with E-state index < -0.39 is 0 Å². The average Bonchev–Trinajstić information content (AvgIpc) is 2.65. The SMILES string of the molecule is CC(C)c1ccc(Bc2ccc(C(C)C)c(C(C)C)c2C(C)C)c(C(C)C)c1C(C)C. The molecule has 0 aliphatic heterocycles. The molecule has 0 aliphatic rings. The molecule has 0 fully saturated rings. The number of hydrogen-bond donors (Lipinski definition) is 0. The van der Waals surface area contributed by atoms with Gasteiger partial charge in [-0.05, 0) is 68.9 Å². The van der Waals surface area contributed by atoms with Gasteiger partial charge in [-0.2, -0.15) is 0 Å². The Balaban J connectivity index is 2.77. The molecule has 0 nitrogen and oxygen atoms in total. The zero-order valence-corrected chi connectivity index (χ0v) is 22.5. The lowest BCUT2D eigenvalue weighted by atomic mass is 9.56. The minimum atomic E-state index is 0.535. The van der Waals surface area contributed by atoms with E-state index in [0.29, 0.717) is 35.5 Å². The van der Waals surface area contributed by atoms with Gasteiger partial charge in [0.05, 0.1) is 0 Å². The van der Waals surface area contributed by atoms with Crippen molar-refractivity contribution in [1.29, 1.82) is 0 Å². The summed E-state index contributed by atoms with van der Waals surface area (Å²) < 4.78 is 0. The van der Waals surface area contributed by atoms with Gasteiger partial charge in [0.15, 0.2) is 7.28 Å². The van der Waals surface area contributed by atoms with Crippen LogP contribution in [0, 0.1) is 0 Å². The molecule has 0 saturated carbocycles. The highest BCUT2D eigenvalue weighted by atomic mass is 14.2. The molecular weight excluding hydrogens is 371 g/mol. The van der Waals surface area contributed by atoms with Gasteiger partial charge < -0.3 is 0 Å². The summed E-state index contributed by atoms with van der Waals surface area (Å²) in [4.78, 5) is 0. The summed E-state index contributed by atoms with van der Waals surface area (Å²) in [6.45, 7) is 28.3. The van der Waals surface area contributed by atoms with Gasteiger partial charge in [-0.25, -0.2) is 0 Å². The normalized spacial score (nSPS) is 12.3. The number of benzene rings is 2. The number of hydrogen-bond acceptors (Lipinski definition) is 0. The van der Waals surface area contributed by atoms with E-state index in [4.69, 9.17) is 0 Å². The van der Waals surface area contributed by atoms with Crippen molar-refractivity contribution in [3.63, 3.8) is 0 Å². The Morgan fingerprint density at radius 1 is 0.387 bits per heavy atom. The lowest BCUT2D eigenvalue weighted by molar-refractivity contribution is 0.751. The van der Waals surface area contributed by atoms with Crippen LogP contribution in [0.2, 0.25) is 0 Å². The maximum Gasteiger partial charge on any atom is 0.193 e. The van der Waals surface area contributed by atoms with Gasteiger partial charge >= 0.3 is 0 Å². The van der Waals surface area contributed by atoms with Gasteiger partial charge in [-0.15, -0.1) is 0 Å². The van der Waals surface area contributed by atoms with Gasteiger partial charge in [0, 0.05) is 0 Å². The lowest BCUT2D eigenvalue weighted by Crippen LogP contribution is -2.35. The summed E-state index contributed by atoms with van der Waals surface area (Å²) in [5, 5.41) is 0. The van der Waals surface area contributed by atoms with E-state index in [1.807, 2.05) is 0 Å². The fraction of sp³-hybridized carbons (Fsp3) is 0.600. The zero-order chi connectivity index (χ0) is 23.6. The van der Waals surface area contributed by atoms with E-state index in [-0.39, 0.29) is 0 Å².